The zero-order valence-corrected chi connectivity index (χ0v) is 20.6. The first-order valence-electron chi connectivity index (χ1n) is 13.0. The molecule has 1 saturated heterocycles. The van der Waals surface area contributed by atoms with Gasteiger partial charge in [0.2, 0.25) is 0 Å². The van der Waals surface area contributed by atoms with Gasteiger partial charge in [0, 0.05) is 12.8 Å². The number of benzene rings is 2. The fourth-order valence-electron chi connectivity index (χ4n) is 4.82. The Morgan fingerprint density at radius 1 is 0.697 bits per heavy atom. The molecule has 1 aliphatic heterocycles. The fraction of sp³-hybridized carbons (Fsp3) is 0.586. The molecule has 33 heavy (non-hydrogen) atoms. The quantitative estimate of drug-likeness (QED) is 0.234. The third-order valence-corrected chi connectivity index (χ3v) is 6.74. The summed E-state index contributed by atoms with van der Waals surface area (Å²) in [7, 11) is 0. The summed E-state index contributed by atoms with van der Waals surface area (Å²) in [6.45, 7) is 5.86. The van der Waals surface area contributed by atoms with Gasteiger partial charge in [-0.1, -0.05) is 113 Å². The Bertz CT molecular complexity index is 701. The predicted octanol–water partition coefficient (Wildman–Crippen LogP) is 7.84. The Morgan fingerprint density at radius 3 is 1.52 bits per heavy atom. The van der Waals surface area contributed by atoms with Gasteiger partial charge >= 0.3 is 0 Å². The molecule has 0 aromatic heterocycles. The van der Waals surface area contributed by atoms with Crippen LogP contribution in [-0.2, 0) is 9.47 Å². The minimum Gasteiger partial charge on any atom is -0.350 e. The number of hydroxylamine groups is 2. The normalized spacial score (nSPS) is 20.7. The molecule has 2 aromatic rings. The van der Waals surface area contributed by atoms with Crippen molar-refractivity contribution in [3.8, 4) is 0 Å². The summed E-state index contributed by atoms with van der Waals surface area (Å²) in [5.74, 6) is -0.696. The average Bonchev–Trinajstić information content (AvgIpc) is 2.86. The fourth-order valence-corrected chi connectivity index (χ4v) is 4.82. The first-order chi connectivity index (χ1) is 16.2. The Kier molecular flexibility index (Phi) is 10.9. The number of rotatable bonds is 14. The molecule has 1 fully saturated rings. The standard InChI is InChI=1S/C29H43NO3/c1-3-5-7-15-21-32-29(33-22-16-8-6-4-2)23-27(25-17-11-9-12-18-25)30(31)28(24-29)26-19-13-10-14-20-26/h9-14,17-20,27-28,31H,3-8,15-16,21-24H2,1-2H3. The van der Waals surface area contributed by atoms with Crippen LogP contribution in [0.3, 0.4) is 0 Å². The lowest BCUT2D eigenvalue weighted by Crippen LogP contribution is -2.50. The van der Waals surface area contributed by atoms with Crippen LogP contribution >= 0.6 is 0 Å². The summed E-state index contributed by atoms with van der Waals surface area (Å²) in [6, 6.07) is 20.2. The van der Waals surface area contributed by atoms with Crippen LogP contribution in [-0.4, -0.2) is 29.3 Å². The largest absolute Gasteiger partial charge is 0.350 e. The third kappa shape index (κ3) is 7.65. The predicted molar refractivity (Wildman–Crippen MR) is 134 cm³/mol. The average molecular weight is 454 g/mol. The van der Waals surface area contributed by atoms with E-state index in [1.165, 1.54) is 43.6 Å². The number of piperidine rings is 1. The summed E-state index contributed by atoms with van der Waals surface area (Å²) in [5, 5.41) is 12.9. The summed E-state index contributed by atoms with van der Waals surface area (Å²) < 4.78 is 13.2. The highest BCUT2D eigenvalue weighted by Gasteiger charge is 2.47. The summed E-state index contributed by atoms with van der Waals surface area (Å²) in [4.78, 5) is 0. The highest BCUT2D eigenvalue weighted by molar-refractivity contribution is 5.24. The van der Waals surface area contributed by atoms with Crippen LogP contribution in [0.5, 0.6) is 0 Å². The van der Waals surface area contributed by atoms with Crippen LogP contribution < -0.4 is 0 Å². The van der Waals surface area contributed by atoms with Crippen molar-refractivity contribution in [3.05, 3.63) is 71.8 Å². The molecule has 182 valence electrons. The van der Waals surface area contributed by atoms with E-state index in [9.17, 15) is 5.21 Å². The Balaban J connectivity index is 1.84. The summed E-state index contributed by atoms with van der Waals surface area (Å²) in [6.07, 6.45) is 10.6. The first kappa shape index (κ1) is 25.9. The first-order valence-corrected chi connectivity index (χ1v) is 13.0. The van der Waals surface area contributed by atoms with E-state index >= 15 is 0 Å². The molecule has 1 aliphatic rings. The zero-order valence-electron chi connectivity index (χ0n) is 20.6. The van der Waals surface area contributed by atoms with Gasteiger partial charge in [-0.2, -0.15) is 5.06 Å². The second kappa shape index (κ2) is 13.9. The van der Waals surface area contributed by atoms with E-state index < -0.39 is 5.79 Å². The van der Waals surface area contributed by atoms with Gasteiger partial charge in [0.05, 0.1) is 25.3 Å². The maximum absolute atomic E-state index is 11.4. The van der Waals surface area contributed by atoms with Crippen molar-refractivity contribution in [1.29, 1.82) is 0 Å². The number of hydrogen-bond donors (Lipinski definition) is 1. The molecular formula is C29H43NO3. The maximum Gasteiger partial charge on any atom is 0.172 e. The maximum atomic E-state index is 11.4. The van der Waals surface area contributed by atoms with Crippen LogP contribution in [0.25, 0.3) is 0 Å². The SMILES string of the molecule is CCCCCCOC1(OCCCCCC)CC(c2ccccc2)N(O)C(c2ccccc2)C1. The molecule has 4 heteroatoms. The van der Waals surface area contributed by atoms with E-state index in [1.54, 1.807) is 0 Å². The van der Waals surface area contributed by atoms with E-state index in [2.05, 4.69) is 38.1 Å². The minimum absolute atomic E-state index is 0.184. The van der Waals surface area contributed by atoms with Gasteiger partial charge in [0.25, 0.3) is 0 Å². The molecule has 3 rings (SSSR count). The highest BCUT2D eigenvalue weighted by Crippen LogP contribution is 2.47. The summed E-state index contributed by atoms with van der Waals surface area (Å²) >= 11 is 0. The van der Waals surface area contributed by atoms with Gasteiger partial charge in [0.15, 0.2) is 5.79 Å². The van der Waals surface area contributed by atoms with Gasteiger partial charge in [-0.15, -0.1) is 0 Å². The van der Waals surface area contributed by atoms with E-state index in [0.29, 0.717) is 26.1 Å². The van der Waals surface area contributed by atoms with Gasteiger partial charge in [-0.25, -0.2) is 0 Å². The van der Waals surface area contributed by atoms with Gasteiger partial charge in [-0.3, -0.25) is 0 Å². The molecular weight excluding hydrogens is 410 g/mol. The second-order valence-corrected chi connectivity index (χ2v) is 9.37. The number of hydrogen-bond acceptors (Lipinski definition) is 4. The van der Waals surface area contributed by atoms with Gasteiger partial charge < -0.3 is 14.7 Å². The van der Waals surface area contributed by atoms with Crippen LogP contribution in [0.15, 0.2) is 60.7 Å². The van der Waals surface area contributed by atoms with E-state index in [0.717, 1.165) is 24.0 Å². The Morgan fingerprint density at radius 2 is 1.12 bits per heavy atom. The minimum atomic E-state index is -0.696. The van der Waals surface area contributed by atoms with Crippen LogP contribution in [0.4, 0.5) is 0 Å². The molecule has 0 saturated carbocycles. The zero-order chi connectivity index (χ0) is 23.4. The molecule has 0 spiro atoms. The lowest BCUT2D eigenvalue weighted by Gasteiger charge is -2.48. The lowest BCUT2D eigenvalue weighted by molar-refractivity contribution is -0.311. The molecule has 1 N–H and O–H groups in total. The molecule has 0 bridgehead atoms. The third-order valence-electron chi connectivity index (χ3n) is 6.74. The smallest absolute Gasteiger partial charge is 0.172 e. The van der Waals surface area contributed by atoms with E-state index in [4.69, 9.17) is 9.47 Å². The van der Waals surface area contributed by atoms with Crippen molar-refractivity contribution in [2.24, 2.45) is 0 Å². The molecule has 2 atom stereocenters. The molecule has 1 heterocycles. The van der Waals surface area contributed by atoms with Crippen molar-refractivity contribution in [2.45, 2.75) is 95.9 Å². The van der Waals surface area contributed by atoms with Gasteiger partial charge in [-0.05, 0) is 24.0 Å². The van der Waals surface area contributed by atoms with Gasteiger partial charge in [0.1, 0.15) is 0 Å². The number of unbranched alkanes of at least 4 members (excludes halogenated alkanes) is 6. The van der Waals surface area contributed by atoms with Crippen LogP contribution in [0, 0.1) is 0 Å². The second-order valence-electron chi connectivity index (χ2n) is 9.37. The van der Waals surface area contributed by atoms with E-state index in [-0.39, 0.29) is 12.1 Å². The molecule has 0 aliphatic carbocycles. The van der Waals surface area contributed by atoms with Crippen molar-refractivity contribution in [3.63, 3.8) is 0 Å². The monoisotopic (exact) mass is 453 g/mol. The number of nitrogens with zero attached hydrogens (tertiary/aromatic N) is 1. The lowest BCUT2D eigenvalue weighted by atomic mass is 9.85. The van der Waals surface area contributed by atoms with Crippen LogP contribution in [0.2, 0.25) is 0 Å². The van der Waals surface area contributed by atoms with Crippen LogP contribution in [0.1, 0.15) is 101 Å². The Hall–Kier alpha value is -1.72. The van der Waals surface area contributed by atoms with Crippen molar-refractivity contribution >= 4 is 0 Å². The molecule has 2 unspecified atom stereocenters. The number of ether oxygens (including phenoxy) is 2. The molecule has 2 aromatic carbocycles. The van der Waals surface area contributed by atoms with Crippen molar-refractivity contribution in [1.82, 2.24) is 5.06 Å². The van der Waals surface area contributed by atoms with E-state index in [1.807, 2.05) is 36.4 Å². The summed E-state index contributed by atoms with van der Waals surface area (Å²) in [5.41, 5.74) is 2.18. The highest BCUT2D eigenvalue weighted by atomic mass is 16.7. The molecule has 0 radical (unpaired) electrons. The topological polar surface area (TPSA) is 41.9 Å². The van der Waals surface area contributed by atoms with Crippen molar-refractivity contribution in [2.75, 3.05) is 13.2 Å². The Labute approximate surface area is 200 Å². The molecule has 0 amide bonds. The van der Waals surface area contributed by atoms with Crippen molar-refractivity contribution < 1.29 is 14.7 Å². The molecule has 4 nitrogen and oxygen atoms in total.